The molecule has 1 aromatic carbocycles. The van der Waals surface area contributed by atoms with Crippen LogP contribution in [0.3, 0.4) is 0 Å². The van der Waals surface area contributed by atoms with Gasteiger partial charge in [0.25, 0.3) is 0 Å². The largest absolute Gasteiger partial charge is 0.460 e. The van der Waals surface area contributed by atoms with E-state index < -0.39 is 23.6 Å². The molecule has 27 heavy (non-hydrogen) atoms. The molecular weight excluding hydrogens is 370 g/mol. The van der Waals surface area contributed by atoms with Crippen LogP contribution in [0.2, 0.25) is 0 Å². The van der Waals surface area contributed by atoms with Crippen molar-refractivity contribution in [2.75, 3.05) is 19.5 Å². The molecule has 0 spiro atoms. The Morgan fingerprint density at radius 3 is 2.26 bits per heavy atom. The monoisotopic (exact) mass is 393 g/mol. The molecule has 0 heterocycles. The molecule has 0 fully saturated rings. The van der Waals surface area contributed by atoms with Crippen molar-refractivity contribution >= 4 is 29.8 Å². The molecule has 1 rings (SSSR count). The number of carbonyl (C=O) groups is 3. The molecular formula is C19H23NO6S. The summed E-state index contributed by atoms with van der Waals surface area (Å²) >= 11 is 1.56. The lowest BCUT2D eigenvalue weighted by molar-refractivity contribution is -0.144. The number of ether oxygens (including phenoxy) is 3. The van der Waals surface area contributed by atoms with Crippen LogP contribution < -0.4 is 10.1 Å². The van der Waals surface area contributed by atoms with Crippen molar-refractivity contribution in [3.63, 3.8) is 0 Å². The summed E-state index contributed by atoms with van der Waals surface area (Å²) in [6, 6.07) is 6.95. The lowest BCUT2D eigenvalue weighted by atomic mass is 10.1. The molecule has 146 valence electrons. The maximum Gasteiger partial charge on any atom is 0.413 e. The number of rotatable bonds is 9. The van der Waals surface area contributed by atoms with E-state index in [0.29, 0.717) is 5.75 Å². The zero-order chi connectivity index (χ0) is 20.3. The first-order chi connectivity index (χ1) is 12.8. The van der Waals surface area contributed by atoms with Crippen molar-refractivity contribution in [2.24, 2.45) is 0 Å². The molecule has 0 saturated carbocycles. The van der Waals surface area contributed by atoms with Crippen molar-refractivity contribution in [3.05, 3.63) is 49.1 Å². The molecule has 8 heteroatoms. The van der Waals surface area contributed by atoms with Gasteiger partial charge in [-0.15, -0.1) is 11.8 Å². The first kappa shape index (κ1) is 22.3. The van der Waals surface area contributed by atoms with E-state index in [1.807, 2.05) is 18.4 Å². The highest BCUT2D eigenvalue weighted by Crippen LogP contribution is 2.19. The predicted molar refractivity (Wildman–Crippen MR) is 103 cm³/mol. The van der Waals surface area contributed by atoms with Crippen LogP contribution in [0.5, 0.6) is 5.75 Å². The lowest BCUT2D eigenvalue weighted by Gasteiger charge is -2.28. The molecule has 0 radical (unpaired) electrons. The minimum absolute atomic E-state index is 0.221. The van der Waals surface area contributed by atoms with Gasteiger partial charge in [-0.2, -0.15) is 0 Å². The first-order valence-electron chi connectivity index (χ1n) is 8.04. The third-order valence-corrected chi connectivity index (χ3v) is 3.95. The van der Waals surface area contributed by atoms with Crippen molar-refractivity contribution in [3.8, 4) is 5.75 Å². The van der Waals surface area contributed by atoms with Gasteiger partial charge in [0.15, 0.2) is 0 Å². The Balaban J connectivity index is 2.76. The van der Waals surface area contributed by atoms with Crippen LogP contribution in [0.25, 0.3) is 0 Å². The van der Waals surface area contributed by atoms with Gasteiger partial charge in [-0.3, -0.25) is 0 Å². The number of esters is 2. The molecule has 1 atom stereocenters. The van der Waals surface area contributed by atoms with Crippen LogP contribution in [-0.2, 0) is 19.1 Å². The van der Waals surface area contributed by atoms with E-state index in [1.165, 1.54) is 12.2 Å². The van der Waals surface area contributed by atoms with Crippen LogP contribution in [0.15, 0.2) is 54.0 Å². The minimum atomic E-state index is -1.19. The number of allylic oxidation sites excluding steroid dienone is 1. The highest BCUT2D eigenvalue weighted by atomic mass is 32.2. The Morgan fingerprint density at radius 1 is 1.15 bits per heavy atom. The van der Waals surface area contributed by atoms with Gasteiger partial charge in [0.1, 0.15) is 24.5 Å². The third kappa shape index (κ3) is 8.46. The smallest absolute Gasteiger partial charge is 0.413 e. The Morgan fingerprint density at radius 2 is 1.74 bits per heavy atom. The van der Waals surface area contributed by atoms with Gasteiger partial charge in [0.05, 0.1) is 0 Å². The predicted octanol–water partition coefficient (Wildman–Crippen LogP) is 3.10. The van der Waals surface area contributed by atoms with E-state index in [0.717, 1.165) is 11.0 Å². The summed E-state index contributed by atoms with van der Waals surface area (Å²) in [7, 11) is 0. The average Bonchev–Trinajstić information content (AvgIpc) is 2.65. The summed E-state index contributed by atoms with van der Waals surface area (Å²) in [5.74, 6) is -0.896. The Kier molecular flexibility index (Phi) is 9.15. The molecule has 1 amide bonds. The van der Waals surface area contributed by atoms with Gasteiger partial charge in [0, 0.05) is 17.0 Å². The molecule has 0 aliphatic heterocycles. The fraction of sp³-hybridized carbons (Fsp3) is 0.316. The van der Waals surface area contributed by atoms with Crippen LogP contribution in [0.1, 0.15) is 13.8 Å². The highest BCUT2D eigenvalue weighted by Gasteiger charge is 2.31. The van der Waals surface area contributed by atoms with Gasteiger partial charge in [-0.25, -0.2) is 14.4 Å². The number of nitrogens with one attached hydrogen (secondary N) is 1. The quantitative estimate of drug-likeness (QED) is 0.392. The maximum atomic E-state index is 12.2. The van der Waals surface area contributed by atoms with Crippen LogP contribution in [0.4, 0.5) is 4.79 Å². The third-order valence-electron chi connectivity index (χ3n) is 3.21. The van der Waals surface area contributed by atoms with E-state index in [-0.39, 0.29) is 13.2 Å². The SMILES string of the molecule is C=CC(=O)OCC(C)(COC(=O)/C=C/C)NC(=O)Oc1ccc(SC)cc1. The molecule has 0 aliphatic rings. The van der Waals surface area contributed by atoms with Crippen LogP contribution >= 0.6 is 11.8 Å². The lowest BCUT2D eigenvalue weighted by Crippen LogP contribution is -2.54. The number of benzene rings is 1. The number of amides is 1. The molecule has 1 N–H and O–H groups in total. The zero-order valence-electron chi connectivity index (χ0n) is 15.5. The van der Waals surface area contributed by atoms with Gasteiger partial charge in [-0.05, 0) is 44.4 Å². The zero-order valence-corrected chi connectivity index (χ0v) is 16.3. The summed E-state index contributed by atoms with van der Waals surface area (Å²) in [6.07, 6.45) is 4.93. The van der Waals surface area contributed by atoms with E-state index in [4.69, 9.17) is 14.2 Å². The van der Waals surface area contributed by atoms with E-state index >= 15 is 0 Å². The summed E-state index contributed by atoms with van der Waals surface area (Å²) < 4.78 is 15.3. The second-order valence-corrected chi connectivity index (χ2v) is 6.55. The van der Waals surface area contributed by atoms with Crippen molar-refractivity contribution < 1.29 is 28.6 Å². The topological polar surface area (TPSA) is 90.9 Å². The van der Waals surface area contributed by atoms with Crippen molar-refractivity contribution in [1.29, 1.82) is 0 Å². The minimum Gasteiger partial charge on any atom is -0.460 e. The van der Waals surface area contributed by atoms with Gasteiger partial charge < -0.3 is 19.5 Å². The molecule has 1 aromatic rings. The van der Waals surface area contributed by atoms with E-state index in [2.05, 4.69) is 11.9 Å². The number of hydrogen-bond donors (Lipinski definition) is 1. The maximum absolute atomic E-state index is 12.2. The van der Waals surface area contributed by atoms with Gasteiger partial charge in [0.2, 0.25) is 0 Å². The average molecular weight is 393 g/mol. The normalized spacial score (nSPS) is 12.7. The van der Waals surface area contributed by atoms with E-state index in [9.17, 15) is 14.4 Å². The first-order valence-corrected chi connectivity index (χ1v) is 9.27. The molecule has 0 saturated heterocycles. The molecule has 1 unspecified atom stereocenters. The summed E-state index contributed by atoms with van der Waals surface area (Å²) in [5.41, 5.74) is -1.19. The fourth-order valence-corrected chi connectivity index (χ4v) is 2.25. The van der Waals surface area contributed by atoms with Crippen molar-refractivity contribution in [2.45, 2.75) is 24.3 Å². The Bertz CT molecular complexity index is 701. The van der Waals surface area contributed by atoms with Crippen LogP contribution in [-0.4, -0.2) is 43.0 Å². The fourth-order valence-electron chi connectivity index (χ4n) is 1.84. The van der Waals surface area contributed by atoms with Crippen LogP contribution in [0, 0.1) is 0 Å². The van der Waals surface area contributed by atoms with E-state index in [1.54, 1.807) is 37.7 Å². The van der Waals surface area contributed by atoms with Gasteiger partial charge >= 0.3 is 18.0 Å². The Labute approximate surface area is 162 Å². The molecule has 0 bridgehead atoms. The molecule has 0 aliphatic carbocycles. The molecule has 7 nitrogen and oxygen atoms in total. The number of carbonyl (C=O) groups excluding carboxylic acids is 3. The van der Waals surface area contributed by atoms with Gasteiger partial charge in [-0.1, -0.05) is 12.7 Å². The number of thioether (sulfide) groups is 1. The standard InChI is InChI=1S/C19H23NO6S/c1-5-7-17(22)25-13-19(3,12-24-16(21)6-2)20-18(23)26-14-8-10-15(27-4)11-9-14/h5-11H,2,12-13H2,1,3-4H3,(H,20,23)/b7-5+. The summed E-state index contributed by atoms with van der Waals surface area (Å²) in [4.78, 5) is 36.1. The summed E-state index contributed by atoms with van der Waals surface area (Å²) in [6.45, 7) is 6.08. The Hall–Kier alpha value is -2.74. The summed E-state index contributed by atoms with van der Waals surface area (Å²) in [5, 5.41) is 2.57. The van der Waals surface area contributed by atoms with Crippen molar-refractivity contribution in [1.82, 2.24) is 5.32 Å². The second-order valence-electron chi connectivity index (χ2n) is 5.67. The molecule has 0 aromatic heterocycles. The number of hydrogen-bond acceptors (Lipinski definition) is 7. The second kappa shape index (κ2) is 11.1. The highest BCUT2D eigenvalue weighted by molar-refractivity contribution is 7.98.